The molecule has 33 heavy (non-hydrogen) atoms. The Hall–Kier alpha value is -3.65. The SMILES string of the molecule is COCCn1c(C)cc(C(=O)CCc2nnc(-c3cccnc3)n2-c2ccccc2F)c1C. The first-order valence-corrected chi connectivity index (χ1v) is 10.8. The fraction of sp³-hybridized carbons (Fsp3) is 0.280. The van der Waals surface area contributed by atoms with E-state index in [1.807, 2.05) is 26.0 Å². The van der Waals surface area contributed by atoms with Gasteiger partial charge in [-0.1, -0.05) is 12.1 Å². The van der Waals surface area contributed by atoms with E-state index in [1.165, 1.54) is 6.07 Å². The van der Waals surface area contributed by atoms with E-state index in [0.29, 0.717) is 48.0 Å². The highest BCUT2D eigenvalue weighted by molar-refractivity contribution is 5.97. The Morgan fingerprint density at radius 3 is 2.67 bits per heavy atom. The Balaban J connectivity index is 1.64. The van der Waals surface area contributed by atoms with Crippen molar-refractivity contribution in [3.8, 4) is 17.1 Å². The Bertz CT molecular complexity index is 1260. The average Bonchev–Trinajstić information content (AvgIpc) is 3.37. The zero-order valence-electron chi connectivity index (χ0n) is 19.0. The summed E-state index contributed by atoms with van der Waals surface area (Å²) in [6.45, 7) is 5.19. The second kappa shape index (κ2) is 9.87. The van der Waals surface area contributed by atoms with Crippen LogP contribution in [0.15, 0.2) is 54.9 Å². The molecule has 170 valence electrons. The predicted molar refractivity (Wildman–Crippen MR) is 123 cm³/mol. The molecule has 0 saturated heterocycles. The predicted octanol–water partition coefficient (Wildman–Crippen LogP) is 4.35. The maximum Gasteiger partial charge on any atom is 0.170 e. The highest BCUT2D eigenvalue weighted by Gasteiger charge is 2.21. The number of methoxy groups -OCH3 is 1. The Morgan fingerprint density at radius 2 is 1.94 bits per heavy atom. The van der Waals surface area contributed by atoms with Gasteiger partial charge in [-0.25, -0.2) is 4.39 Å². The van der Waals surface area contributed by atoms with Crippen LogP contribution >= 0.6 is 0 Å². The molecule has 0 fully saturated rings. The number of ether oxygens (including phenoxy) is 1. The number of benzene rings is 1. The fourth-order valence-electron chi connectivity index (χ4n) is 4.02. The molecule has 0 spiro atoms. The number of para-hydroxylation sites is 1. The molecule has 1 aromatic carbocycles. The Labute approximate surface area is 191 Å². The third-order valence-electron chi connectivity index (χ3n) is 5.71. The van der Waals surface area contributed by atoms with Crippen LogP contribution in [0.5, 0.6) is 0 Å². The number of carbonyl (C=O) groups is 1. The molecule has 4 aromatic rings. The van der Waals surface area contributed by atoms with Crippen molar-refractivity contribution >= 4 is 5.78 Å². The second-order valence-corrected chi connectivity index (χ2v) is 7.82. The third-order valence-corrected chi connectivity index (χ3v) is 5.71. The molecule has 8 heteroatoms. The molecule has 0 N–H and O–H groups in total. The first-order chi connectivity index (χ1) is 16.0. The molecule has 0 aliphatic rings. The van der Waals surface area contributed by atoms with E-state index < -0.39 is 5.82 Å². The van der Waals surface area contributed by atoms with Crippen LogP contribution in [0, 0.1) is 19.7 Å². The minimum Gasteiger partial charge on any atom is -0.383 e. The number of ketones is 1. The lowest BCUT2D eigenvalue weighted by Gasteiger charge is -2.11. The Kier molecular flexibility index (Phi) is 6.74. The summed E-state index contributed by atoms with van der Waals surface area (Å²) in [5.41, 5.74) is 3.67. The van der Waals surface area contributed by atoms with Gasteiger partial charge in [0, 0.05) is 61.4 Å². The molecule has 0 saturated carbocycles. The summed E-state index contributed by atoms with van der Waals surface area (Å²) in [5.74, 6) is 0.614. The van der Waals surface area contributed by atoms with Gasteiger partial charge in [0.05, 0.1) is 12.3 Å². The van der Waals surface area contributed by atoms with Gasteiger partial charge in [0.25, 0.3) is 0 Å². The van der Waals surface area contributed by atoms with Crippen LogP contribution in [0.1, 0.15) is 34.0 Å². The number of rotatable bonds is 9. The van der Waals surface area contributed by atoms with Gasteiger partial charge in [-0.2, -0.15) is 0 Å². The minimum absolute atomic E-state index is 0.0118. The smallest absolute Gasteiger partial charge is 0.170 e. The summed E-state index contributed by atoms with van der Waals surface area (Å²) in [7, 11) is 1.66. The zero-order valence-corrected chi connectivity index (χ0v) is 19.0. The van der Waals surface area contributed by atoms with Crippen LogP contribution in [0.4, 0.5) is 4.39 Å². The van der Waals surface area contributed by atoms with Crippen LogP contribution in [-0.4, -0.2) is 43.8 Å². The molecule has 0 atom stereocenters. The maximum absolute atomic E-state index is 14.7. The van der Waals surface area contributed by atoms with Crippen LogP contribution in [0.2, 0.25) is 0 Å². The molecule has 3 aromatic heterocycles. The quantitative estimate of drug-likeness (QED) is 0.357. The van der Waals surface area contributed by atoms with Crippen molar-refractivity contribution in [2.45, 2.75) is 33.2 Å². The third kappa shape index (κ3) is 4.61. The van der Waals surface area contributed by atoms with Crippen LogP contribution in [-0.2, 0) is 17.7 Å². The summed E-state index contributed by atoms with van der Waals surface area (Å²) in [4.78, 5) is 17.2. The van der Waals surface area contributed by atoms with E-state index in [0.717, 1.165) is 11.4 Å². The number of carbonyl (C=O) groups excluding carboxylic acids is 1. The molecule has 0 radical (unpaired) electrons. The van der Waals surface area contributed by atoms with Crippen molar-refractivity contribution in [2.24, 2.45) is 0 Å². The van der Waals surface area contributed by atoms with E-state index in [2.05, 4.69) is 19.7 Å². The van der Waals surface area contributed by atoms with Gasteiger partial charge in [0.2, 0.25) is 0 Å². The van der Waals surface area contributed by atoms with Gasteiger partial charge in [-0.15, -0.1) is 10.2 Å². The molecule has 0 bridgehead atoms. The summed E-state index contributed by atoms with van der Waals surface area (Å²) in [6, 6.07) is 12.0. The van der Waals surface area contributed by atoms with E-state index in [4.69, 9.17) is 4.74 Å². The topological polar surface area (TPSA) is 74.8 Å². The van der Waals surface area contributed by atoms with Crippen LogP contribution in [0.3, 0.4) is 0 Å². The van der Waals surface area contributed by atoms with Gasteiger partial charge < -0.3 is 9.30 Å². The molecule has 4 rings (SSSR count). The molecular formula is C25H26FN5O2. The number of aromatic nitrogens is 5. The summed E-state index contributed by atoms with van der Waals surface area (Å²) < 4.78 is 23.6. The van der Waals surface area contributed by atoms with Gasteiger partial charge in [-0.3, -0.25) is 14.3 Å². The molecule has 7 nitrogen and oxygen atoms in total. The first kappa shape index (κ1) is 22.5. The summed E-state index contributed by atoms with van der Waals surface area (Å²) in [5, 5.41) is 8.61. The molecule has 0 aliphatic heterocycles. The van der Waals surface area contributed by atoms with Gasteiger partial charge >= 0.3 is 0 Å². The molecule has 0 unspecified atom stereocenters. The number of aryl methyl sites for hydroxylation is 2. The number of Topliss-reactive ketones (excluding diaryl/α,β-unsaturated/α-hetero) is 1. The molecule has 0 aliphatic carbocycles. The fourth-order valence-corrected chi connectivity index (χ4v) is 4.02. The average molecular weight is 448 g/mol. The van der Waals surface area contributed by atoms with Crippen molar-refractivity contribution in [2.75, 3.05) is 13.7 Å². The highest BCUT2D eigenvalue weighted by Crippen LogP contribution is 2.25. The van der Waals surface area contributed by atoms with Gasteiger partial charge in [0.15, 0.2) is 11.6 Å². The van der Waals surface area contributed by atoms with E-state index in [9.17, 15) is 9.18 Å². The van der Waals surface area contributed by atoms with Crippen molar-refractivity contribution in [1.82, 2.24) is 24.3 Å². The van der Waals surface area contributed by atoms with E-state index in [1.54, 1.807) is 48.3 Å². The highest BCUT2D eigenvalue weighted by atomic mass is 19.1. The van der Waals surface area contributed by atoms with Crippen molar-refractivity contribution in [3.05, 3.63) is 83.5 Å². The van der Waals surface area contributed by atoms with Gasteiger partial charge in [0.1, 0.15) is 11.6 Å². The maximum atomic E-state index is 14.7. The first-order valence-electron chi connectivity index (χ1n) is 10.8. The lowest BCUT2D eigenvalue weighted by Crippen LogP contribution is -2.10. The minimum atomic E-state index is -0.392. The number of halogens is 1. The van der Waals surface area contributed by atoms with Crippen molar-refractivity contribution in [3.63, 3.8) is 0 Å². The molecule has 3 heterocycles. The number of hydrogen-bond acceptors (Lipinski definition) is 5. The Morgan fingerprint density at radius 1 is 1.12 bits per heavy atom. The standard InChI is InChI=1S/C25H26FN5O2/c1-17-15-20(18(2)30(17)13-14-33-3)23(32)10-11-24-28-29-25(19-7-6-12-27-16-19)31(24)22-9-5-4-8-21(22)26/h4-9,12,15-16H,10-11,13-14H2,1-3H3. The van der Waals surface area contributed by atoms with Crippen LogP contribution < -0.4 is 0 Å². The molecular weight excluding hydrogens is 421 g/mol. The number of nitrogens with zero attached hydrogens (tertiary/aromatic N) is 5. The van der Waals surface area contributed by atoms with Crippen molar-refractivity contribution < 1.29 is 13.9 Å². The van der Waals surface area contributed by atoms with Crippen molar-refractivity contribution in [1.29, 1.82) is 0 Å². The lowest BCUT2D eigenvalue weighted by molar-refractivity contribution is 0.0981. The van der Waals surface area contributed by atoms with Gasteiger partial charge in [-0.05, 0) is 44.2 Å². The summed E-state index contributed by atoms with van der Waals surface area (Å²) in [6.07, 6.45) is 3.87. The van der Waals surface area contributed by atoms with Crippen LogP contribution in [0.25, 0.3) is 17.1 Å². The molecule has 0 amide bonds. The van der Waals surface area contributed by atoms with E-state index >= 15 is 0 Å². The summed E-state index contributed by atoms with van der Waals surface area (Å²) >= 11 is 0. The largest absolute Gasteiger partial charge is 0.383 e. The lowest BCUT2D eigenvalue weighted by atomic mass is 10.1. The normalized spacial score (nSPS) is 11.2. The second-order valence-electron chi connectivity index (χ2n) is 7.82. The zero-order chi connectivity index (χ0) is 23.4. The monoisotopic (exact) mass is 447 g/mol. The number of pyridine rings is 1. The van der Waals surface area contributed by atoms with E-state index in [-0.39, 0.29) is 12.2 Å². The number of hydrogen-bond donors (Lipinski definition) is 0.